The molecule has 2 aromatic rings. The molecule has 0 aromatic heterocycles. The molecular formula is C13H8Br2ClNO. The van der Waals surface area contributed by atoms with Gasteiger partial charge in [0.05, 0.1) is 5.69 Å². The number of nitrogens with one attached hydrogen (secondary N) is 1. The van der Waals surface area contributed by atoms with E-state index in [0.29, 0.717) is 16.3 Å². The Morgan fingerprint density at radius 1 is 1.11 bits per heavy atom. The smallest absolute Gasteiger partial charge is 0.255 e. The van der Waals surface area contributed by atoms with Crippen molar-refractivity contribution in [3.63, 3.8) is 0 Å². The van der Waals surface area contributed by atoms with Crippen molar-refractivity contribution < 1.29 is 4.79 Å². The lowest BCUT2D eigenvalue weighted by Crippen LogP contribution is -2.12. The van der Waals surface area contributed by atoms with E-state index in [2.05, 4.69) is 37.2 Å². The minimum absolute atomic E-state index is 0.194. The Morgan fingerprint density at radius 2 is 1.89 bits per heavy atom. The van der Waals surface area contributed by atoms with Crippen LogP contribution in [0.1, 0.15) is 10.4 Å². The molecule has 0 radical (unpaired) electrons. The standard InChI is InChI=1S/C13H8Br2ClNO/c14-9-4-5-12(11(15)7-9)17-13(18)8-2-1-3-10(16)6-8/h1-7H,(H,17,18). The van der Waals surface area contributed by atoms with Gasteiger partial charge in [0.1, 0.15) is 0 Å². The molecule has 0 aliphatic carbocycles. The molecule has 1 N–H and O–H groups in total. The first-order chi connectivity index (χ1) is 8.56. The predicted octanol–water partition coefficient (Wildman–Crippen LogP) is 5.12. The van der Waals surface area contributed by atoms with Crippen molar-refractivity contribution in [1.29, 1.82) is 0 Å². The zero-order valence-corrected chi connectivity index (χ0v) is 13.0. The summed E-state index contributed by atoms with van der Waals surface area (Å²) < 4.78 is 1.75. The lowest BCUT2D eigenvalue weighted by atomic mass is 10.2. The predicted molar refractivity (Wildman–Crippen MR) is 81.2 cm³/mol. The maximum Gasteiger partial charge on any atom is 0.255 e. The maximum absolute atomic E-state index is 12.0. The zero-order chi connectivity index (χ0) is 13.1. The SMILES string of the molecule is O=C(Nc1ccc(Br)cc1Br)c1cccc(Cl)c1. The maximum atomic E-state index is 12.0. The number of halogens is 3. The highest BCUT2D eigenvalue weighted by molar-refractivity contribution is 9.11. The third-order valence-electron chi connectivity index (χ3n) is 2.27. The van der Waals surface area contributed by atoms with Crippen molar-refractivity contribution in [2.75, 3.05) is 5.32 Å². The van der Waals surface area contributed by atoms with E-state index in [9.17, 15) is 4.79 Å². The lowest BCUT2D eigenvalue weighted by Gasteiger charge is -2.08. The van der Waals surface area contributed by atoms with Gasteiger partial charge in [-0.15, -0.1) is 0 Å². The Labute approximate surface area is 127 Å². The highest BCUT2D eigenvalue weighted by atomic mass is 79.9. The van der Waals surface area contributed by atoms with Gasteiger partial charge in [-0.1, -0.05) is 33.6 Å². The summed E-state index contributed by atoms with van der Waals surface area (Å²) in [4.78, 5) is 12.0. The van der Waals surface area contributed by atoms with E-state index >= 15 is 0 Å². The highest BCUT2D eigenvalue weighted by Crippen LogP contribution is 2.26. The summed E-state index contributed by atoms with van der Waals surface area (Å²) >= 11 is 12.6. The molecule has 0 spiro atoms. The molecule has 2 aromatic carbocycles. The second-order valence-corrected chi connectivity index (χ2v) is 5.80. The quantitative estimate of drug-likeness (QED) is 0.759. The first-order valence-electron chi connectivity index (χ1n) is 5.08. The van der Waals surface area contributed by atoms with Crippen LogP contribution in [0.15, 0.2) is 51.4 Å². The summed E-state index contributed by atoms with van der Waals surface area (Å²) in [7, 11) is 0. The van der Waals surface area contributed by atoms with Crippen LogP contribution >= 0.6 is 43.5 Å². The van der Waals surface area contributed by atoms with E-state index in [-0.39, 0.29) is 5.91 Å². The molecular weight excluding hydrogens is 381 g/mol. The van der Waals surface area contributed by atoms with Crippen LogP contribution in [0.2, 0.25) is 5.02 Å². The van der Waals surface area contributed by atoms with E-state index in [1.54, 1.807) is 24.3 Å². The van der Waals surface area contributed by atoms with Gasteiger partial charge in [-0.3, -0.25) is 4.79 Å². The van der Waals surface area contributed by atoms with Gasteiger partial charge in [-0.2, -0.15) is 0 Å². The minimum atomic E-state index is -0.194. The van der Waals surface area contributed by atoms with Crippen molar-refractivity contribution in [1.82, 2.24) is 0 Å². The Hall–Kier alpha value is -0.840. The van der Waals surface area contributed by atoms with Crippen LogP contribution in [0.3, 0.4) is 0 Å². The van der Waals surface area contributed by atoms with Crippen LogP contribution < -0.4 is 5.32 Å². The van der Waals surface area contributed by atoms with Crippen molar-refractivity contribution in [3.8, 4) is 0 Å². The number of benzene rings is 2. The van der Waals surface area contributed by atoms with Gasteiger partial charge in [0.2, 0.25) is 0 Å². The van der Waals surface area contributed by atoms with E-state index < -0.39 is 0 Å². The summed E-state index contributed by atoms with van der Waals surface area (Å²) in [6, 6.07) is 12.4. The summed E-state index contributed by atoms with van der Waals surface area (Å²) in [5, 5.41) is 3.36. The number of amides is 1. The van der Waals surface area contributed by atoms with Crippen LogP contribution in [0.5, 0.6) is 0 Å². The van der Waals surface area contributed by atoms with E-state index in [0.717, 1.165) is 8.95 Å². The summed E-state index contributed by atoms with van der Waals surface area (Å²) in [6.45, 7) is 0. The number of carbonyl (C=O) groups is 1. The molecule has 0 unspecified atom stereocenters. The second-order valence-electron chi connectivity index (χ2n) is 3.59. The monoisotopic (exact) mass is 387 g/mol. The minimum Gasteiger partial charge on any atom is -0.321 e. The summed E-state index contributed by atoms with van der Waals surface area (Å²) in [5.41, 5.74) is 1.24. The number of hydrogen-bond acceptors (Lipinski definition) is 1. The third-order valence-corrected chi connectivity index (χ3v) is 3.65. The molecule has 0 fully saturated rings. The van der Waals surface area contributed by atoms with E-state index in [1.165, 1.54) is 0 Å². The van der Waals surface area contributed by atoms with Crippen LogP contribution in [0.4, 0.5) is 5.69 Å². The average Bonchev–Trinajstić information content (AvgIpc) is 2.32. The van der Waals surface area contributed by atoms with Gasteiger partial charge < -0.3 is 5.32 Å². The molecule has 0 aliphatic heterocycles. The van der Waals surface area contributed by atoms with Gasteiger partial charge in [-0.25, -0.2) is 0 Å². The summed E-state index contributed by atoms with van der Waals surface area (Å²) in [6.07, 6.45) is 0. The van der Waals surface area contributed by atoms with Crippen molar-refractivity contribution in [2.24, 2.45) is 0 Å². The molecule has 0 saturated carbocycles. The van der Waals surface area contributed by atoms with Gasteiger partial charge >= 0.3 is 0 Å². The van der Waals surface area contributed by atoms with Gasteiger partial charge in [0, 0.05) is 19.5 Å². The van der Waals surface area contributed by atoms with Gasteiger partial charge in [0.25, 0.3) is 5.91 Å². The molecule has 0 aliphatic rings. The second kappa shape index (κ2) is 5.87. The van der Waals surface area contributed by atoms with E-state index in [4.69, 9.17) is 11.6 Å². The third kappa shape index (κ3) is 3.34. The Kier molecular flexibility index (Phi) is 4.43. The molecule has 1 amide bonds. The summed E-state index contributed by atoms with van der Waals surface area (Å²) in [5.74, 6) is -0.194. The fraction of sp³-hybridized carbons (Fsp3) is 0. The first-order valence-corrected chi connectivity index (χ1v) is 7.04. The van der Waals surface area contributed by atoms with Gasteiger partial charge in [0.15, 0.2) is 0 Å². The van der Waals surface area contributed by atoms with Crippen LogP contribution in [0, 0.1) is 0 Å². The number of hydrogen-bond donors (Lipinski definition) is 1. The molecule has 0 heterocycles. The van der Waals surface area contributed by atoms with Crippen molar-refractivity contribution >= 4 is 55.1 Å². The average molecular weight is 389 g/mol. The van der Waals surface area contributed by atoms with Crippen LogP contribution in [-0.4, -0.2) is 5.91 Å². The zero-order valence-electron chi connectivity index (χ0n) is 9.08. The first kappa shape index (κ1) is 13.6. The molecule has 0 atom stereocenters. The molecule has 92 valence electrons. The molecule has 5 heteroatoms. The number of rotatable bonds is 2. The molecule has 0 saturated heterocycles. The van der Waals surface area contributed by atoms with Crippen molar-refractivity contribution in [3.05, 3.63) is 62.0 Å². The van der Waals surface area contributed by atoms with E-state index in [1.807, 2.05) is 18.2 Å². The fourth-order valence-corrected chi connectivity index (χ4v) is 2.75. The van der Waals surface area contributed by atoms with Crippen LogP contribution in [0.25, 0.3) is 0 Å². The molecule has 2 nitrogen and oxygen atoms in total. The Morgan fingerprint density at radius 3 is 2.56 bits per heavy atom. The van der Waals surface area contributed by atoms with Crippen molar-refractivity contribution in [2.45, 2.75) is 0 Å². The fourth-order valence-electron chi connectivity index (χ4n) is 1.42. The molecule has 0 bridgehead atoms. The highest BCUT2D eigenvalue weighted by Gasteiger charge is 2.08. The largest absolute Gasteiger partial charge is 0.321 e. The number of carbonyl (C=O) groups excluding carboxylic acids is 1. The van der Waals surface area contributed by atoms with Gasteiger partial charge in [-0.05, 0) is 52.3 Å². The Balaban J connectivity index is 2.21. The normalized spacial score (nSPS) is 10.2. The topological polar surface area (TPSA) is 29.1 Å². The Bertz CT molecular complexity index is 601. The lowest BCUT2D eigenvalue weighted by molar-refractivity contribution is 0.102. The van der Waals surface area contributed by atoms with Crippen LogP contribution in [-0.2, 0) is 0 Å². The number of anilines is 1. The molecule has 2 rings (SSSR count). The molecule has 18 heavy (non-hydrogen) atoms.